The number of nitrogens with zero attached hydrogens (tertiary/aromatic N) is 1. The van der Waals surface area contributed by atoms with Gasteiger partial charge >= 0.3 is 0 Å². The summed E-state index contributed by atoms with van der Waals surface area (Å²) in [6.45, 7) is 9.93. The van der Waals surface area contributed by atoms with Crippen molar-refractivity contribution in [2.24, 2.45) is 0 Å². The predicted molar refractivity (Wildman–Crippen MR) is 80.0 cm³/mol. The SMILES string of the molecule is COc1cccc(NCC(C)(C)N2CCNCC2)c1. The van der Waals surface area contributed by atoms with E-state index in [1.54, 1.807) is 7.11 Å². The molecule has 1 aliphatic heterocycles. The summed E-state index contributed by atoms with van der Waals surface area (Å²) in [6, 6.07) is 8.09. The van der Waals surface area contributed by atoms with Crippen molar-refractivity contribution in [3.05, 3.63) is 24.3 Å². The molecule has 4 heteroatoms. The Bertz CT molecular complexity index is 400. The van der Waals surface area contributed by atoms with Crippen molar-refractivity contribution in [1.29, 1.82) is 0 Å². The highest BCUT2D eigenvalue weighted by Gasteiger charge is 2.27. The summed E-state index contributed by atoms with van der Waals surface area (Å²) in [6.07, 6.45) is 0. The van der Waals surface area contributed by atoms with Crippen LogP contribution in [0.3, 0.4) is 0 Å². The van der Waals surface area contributed by atoms with E-state index in [2.05, 4.69) is 35.4 Å². The summed E-state index contributed by atoms with van der Waals surface area (Å²) >= 11 is 0. The minimum atomic E-state index is 0.158. The number of nitrogens with one attached hydrogen (secondary N) is 2. The van der Waals surface area contributed by atoms with Crippen LogP contribution in [0.5, 0.6) is 5.75 Å². The highest BCUT2D eigenvalue weighted by molar-refractivity contribution is 5.48. The van der Waals surface area contributed by atoms with Crippen molar-refractivity contribution in [2.45, 2.75) is 19.4 Å². The molecule has 2 N–H and O–H groups in total. The molecule has 0 saturated carbocycles. The maximum Gasteiger partial charge on any atom is 0.120 e. The summed E-state index contributed by atoms with van der Waals surface area (Å²) in [7, 11) is 1.70. The third-order valence-corrected chi connectivity index (χ3v) is 3.77. The van der Waals surface area contributed by atoms with Crippen molar-refractivity contribution < 1.29 is 4.74 Å². The quantitative estimate of drug-likeness (QED) is 0.849. The molecule has 1 saturated heterocycles. The number of hydrogen-bond acceptors (Lipinski definition) is 4. The Morgan fingerprint density at radius 2 is 2.05 bits per heavy atom. The lowest BCUT2D eigenvalue weighted by atomic mass is 10.0. The number of hydrogen-bond donors (Lipinski definition) is 2. The molecule has 2 rings (SSSR count). The minimum absolute atomic E-state index is 0.158. The number of rotatable bonds is 5. The van der Waals surface area contributed by atoms with Crippen molar-refractivity contribution in [2.75, 3.05) is 45.2 Å². The summed E-state index contributed by atoms with van der Waals surface area (Å²) in [4.78, 5) is 2.54. The number of anilines is 1. The zero-order valence-electron chi connectivity index (χ0n) is 12.2. The molecule has 0 unspecified atom stereocenters. The van der Waals surface area contributed by atoms with Crippen LogP contribution in [0.4, 0.5) is 5.69 Å². The molecule has 1 fully saturated rings. The van der Waals surface area contributed by atoms with E-state index in [0.717, 1.165) is 44.2 Å². The van der Waals surface area contributed by atoms with Gasteiger partial charge in [-0.2, -0.15) is 0 Å². The van der Waals surface area contributed by atoms with Crippen LogP contribution in [0.2, 0.25) is 0 Å². The number of benzene rings is 1. The van der Waals surface area contributed by atoms with Gasteiger partial charge in [-0.05, 0) is 26.0 Å². The standard InChI is InChI=1S/C15H25N3O/c1-15(2,18-9-7-16-8-10-18)12-17-13-5-4-6-14(11-13)19-3/h4-6,11,16-17H,7-10,12H2,1-3H3. The van der Waals surface area contributed by atoms with Crippen LogP contribution in [-0.2, 0) is 0 Å². The molecule has 0 aromatic heterocycles. The predicted octanol–water partition coefficient (Wildman–Crippen LogP) is 1.79. The van der Waals surface area contributed by atoms with Crippen molar-refractivity contribution in [1.82, 2.24) is 10.2 Å². The fraction of sp³-hybridized carbons (Fsp3) is 0.600. The van der Waals surface area contributed by atoms with Gasteiger partial charge in [-0.25, -0.2) is 0 Å². The van der Waals surface area contributed by atoms with Gasteiger partial charge < -0.3 is 15.4 Å². The average molecular weight is 263 g/mol. The monoisotopic (exact) mass is 263 g/mol. The van der Waals surface area contributed by atoms with Gasteiger partial charge in [0.1, 0.15) is 5.75 Å². The molecule has 0 atom stereocenters. The maximum atomic E-state index is 5.24. The topological polar surface area (TPSA) is 36.5 Å². The Morgan fingerprint density at radius 1 is 1.32 bits per heavy atom. The van der Waals surface area contributed by atoms with Gasteiger partial charge in [0, 0.05) is 50.0 Å². The van der Waals surface area contributed by atoms with Crippen LogP contribution in [0, 0.1) is 0 Å². The van der Waals surface area contributed by atoms with Gasteiger partial charge in [-0.3, -0.25) is 4.90 Å². The Balaban J connectivity index is 1.92. The Labute approximate surface area is 116 Å². The molecular formula is C15H25N3O. The smallest absolute Gasteiger partial charge is 0.120 e. The van der Waals surface area contributed by atoms with E-state index in [0.29, 0.717) is 0 Å². The van der Waals surface area contributed by atoms with Crippen LogP contribution in [0.1, 0.15) is 13.8 Å². The highest BCUT2D eigenvalue weighted by Crippen LogP contribution is 2.20. The fourth-order valence-corrected chi connectivity index (χ4v) is 2.43. The number of piperazine rings is 1. The highest BCUT2D eigenvalue weighted by atomic mass is 16.5. The van der Waals surface area contributed by atoms with Crippen molar-refractivity contribution in [3.8, 4) is 5.75 Å². The molecule has 0 aliphatic carbocycles. The third kappa shape index (κ3) is 3.85. The lowest BCUT2D eigenvalue weighted by Gasteiger charge is -2.41. The molecule has 0 radical (unpaired) electrons. The third-order valence-electron chi connectivity index (χ3n) is 3.77. The summed E-state index contributed by atoms with van der Waals surface area (Å²) < 4.78 is 5.24. The second kappa shape index (κ2) is 6.26. The van der Waals surface area contributed by atoms with E-state index < -0.39 is 0 Å². The van der Waals surface area contributed by atoms with Crippen molar-refractivity contribution in [3.63, 3.8) is 0 Å². The first kappa shape index (κ1) is 14.2. The summed E-state index contributed by atoms with van der Waals surface area (Å²) in [5, 5.41) is 6.91. The van der Waals surface area contributed by atoms with E-state index in [9.17, 15) is 0 Å². The number of methoxy groups -OCH3 is 1. The molecule has 106 valence electrons. The van der Waals surface area contributed by atoms with E-state index in [1.807, 2.05) is 18.2 Å². The maximum absolute atomic E-state index is 5.24. The largest absolute Gasteiger partial charge is 0.497 e. The average Bonchev–Trinajstić information content (AvgIpc) is 2.46. The second-order valence-electron chi connectivity index (χ2n) is 5.63. The van der Waals surface area contributed by atoms with Crippen LogP contribution in [0.15, 0.2) is 24.3 Å². The normalized spacial score (nSPS) is 17.2. The molecule has 19 heavy (non-hydrogen) atoms. The molecule has 4 nitrogen and oxygen atoms in total. The van der Waals surface area contributed by atoms with Gasteiger partial charge in [-0.15, -0.1) is 0 Å². The van der Waals surface area contributed by atoms with Crippen molar-refractivity contribution >= 4 is 5.69 Å². The molecule has 0 amide bonds. The molecule has 0 spiro atoms. The van der Waals surface area contributed by atoms with E-state index >= 15 is 0 Å². The Hall–Kier alpha value is -1.26. The summed E-state index contributed by atoms with van der Waals surface area (Å²) in [5.41, 5.74) is 1.27. The van der Waals surface area contributed by atoms with Crippen LogP contribution >= 0.6 is 0 Å². The molecule has 1 heterocycles. The lowest BCUT2D eigenvalue weighted by Crippen LogP contribution is -2.56. The van der Waals surface area contributed by atoms with E-state index in [-0.39, 0.29) is 5.54 Å². The Kier molecular flexibility index (Phi) is 4.66. The first-order chi connectivity index (χ1) is 9.12. The lowest BCUT2D eigenvalue weighted by molar-refractivity contribution is 0.114. The molecule has 1 aromatic carbocycles. The second-order valence-corrected chi connectivity index (χ2v) is 5.63. The molecule has 1 aliphatic rings. The molecule has 1 aromatic rings. The Morgan fingerprint density at radius 3 is 2.74 bits per heavy atom. The number of ether oxygens (including phenoxy) is 1. The van der Waals surface area contributed by atoms with Crippen LogP contribution in [-0.4, -0.2) is 50.3 Å². The van der Waals surface area contributed by atoms with E-state index in [4.69, 9.17) is 4.74 Å². The van der Waals surface area contributed by atoms with Gasteiger partial charge in [0.25, 0.3) is 0 Å². The molecular weight excluding hydrogens is 238 g/mol. The summed E-state index contributed by atoms with van der Waals surface area (Å²) in [5.74, 6) is 0.893. The van der Waals surface area contributed by atoms with Crippen LogP contribution in [0.25, 0.3) is 0 Å². The van der Waals surface area contributed by atoms with Gasteiger partial charge in [0.15, 0.2) is 0 Å². The van der Waals surface area contributed by atoms with Gasteiger partial charge in [-0.1, -0.05) is 6.07 Å². The van der Waals surface area contributed by atoms with E-state index in [1.165, 1.54) is 0 Å². The zero-order valence-corrected chi connectivity index (χ0v) is 12.2. The first-order valence-corrected chi connectivity index (χ1v) is 6.95. The van der Waals surface area contributed by atoms with Crippen LogP contribution < -0.4 is 15.4 Å². The van der Waals surface area contributed by atoms with Gasteiger partial charge in [0.2, 0.25) is 0 Å². The zero-order chi connectivity index (χ0) is 13.7. The minimum Gasteiger partial charge on any atom is -0.497 e. The fourth-order valence-electron chi connectivity index (χ4n) is 2.43. The first-order valence-electron chi connectivity index (χ1n) is 6.95. The van der Waals surface area contributed by atoms with Gasteiger partial charge in [0.05, 0.1) is 7.11 Å². The molecule has 0 bridgehead atoms.